The first-order valence-electron chi connectivity index (χ1n) is 7.12. The maximum Gasteiger partial charge on any atom is 0.252 e. The van der Waals surface area contributed by atoms with Gasteiger partial charge in [-0.2, -0.15) is 5.10 Å². The molecule has 5 heteroatoms. The van der Waals surface area contributed by atoms with E-state index < -0.39 is 0 Å². The van der Waals surface area contributed by atoms with Crippen LogP contribution in [0.15, 0.2) is 23.8 Å². The van der Waals surface area contributed by atoms with E-state index in [-0.39, 0.29) is 17.4 Å². The predicted octanol–water partition coefficient (Wildman–Crippen LogP) is 3.41. The number of amides is 1. The van der Waals surface area contributed by atoms with Crippen molar-refractivity contribution in [1.29, 1.82) is 0 Å². The topological polar surface area (TPSA) is 46.9 Å². The van der Waals surface area contributed by atoms with Crippen LogP contribution in [0.25, 0.3) is 0 Å². The lowest BCUT2D eigenvalue weighted by atomic mass is 9.86. The van der Waals surface area contributed by atoms with Gasteiger partial charge in [0.2, 0.25) is 0 Å². The smallest absolute Gasteiger partial charge is 0.252 e. The molecule has 1 atom stereocenters. The number of hydrogen-bond donors (Lipinski definition) is 1. The number of nitrogens with one attached hydrogen (secondary N) is 1. The summed E-state index contributed by atoms with van der Waals surface area (Å²) < 4.78 is 1.86. The van der Waals surface area contributed by atoms with Gasteiger partial charge in [-0.05, 0) is 30.9 Å². The van der Waals surface area contributed by atoms with Crippen LogP contribution in [0.2, 0.25) is 0 Å². The first-order valence-corrected chi connectivity index (χ1v) is 8.00. The molecule has 0 unspecified atom stereocenters. The highest BCUT2D eigenvalue weighted by Gasteiger charge is 2.28. The van der Waals surface area contributed by atoms with Gasteiger partial charge in [0.15, 0.2) is 0 Å². The Kier molecular flexibility index (Phi) is 4.52. The molecule has 2 rings (SSSR count). The summed E-state index contributed by atoms with van der Waals surface area (Å²) in [5.41, 5.74) is 1.82. The van der Waals surface area contributed by atoms with Crippen LogP contribution in [0.1, 0.15) is 41.6 Å². The normalized spacial score (nSPS) is 13.2. The molecule has 1 amide bonds. The number of rotatable bonds is 4. The Bertz CT molecular complexity index is 608. The van der Waals surface area contributed by atoms with Crippen molar-refractivity contribution < 1.29 is 4.79 Å². The van der Waals surface area contributed by atoms with Gasteiger partial charge in [0.25, 0.3) is 5.91 Å². The highest BCUT2D eigenvalue weighted by atomic mass is 32.1. The van der Waals surface area contributed by atoms with Crippen LogP contribution < -0.4 is 5.32 Å². The van der Waals surface area contributed by atoms with Crippen LogP contribution in [-0.2, 0) is 6.54 Å². The van der Waals surface area contributed by atoms with Crippen molar-refractivity contribution in [2.24, 2.45) is 5.41 Å². The van der Waals surface area contributed by atoms with Crippen molar-refractivity contribution in [3.05, 3.63) is 39.8 Å². The van der Waals surface area contributed by atoms with E-state index in [1.165, 1.54) is 4.88 Å². The van der Waals surface area contributed by atoms with Gasteiger partial charge in [-0.1, -0.05) is 20.8 Å². The fraction of sp³-hybridized carbons (Fsp3) is 0.500. The number of aromatic nitrogens is 2. The summed E-state index contributed by atoms with van der Waals surface area (Å²) in [6.07, 6.45) is 3.68. The highest BCUT2D eigenvalue weighted by molar-refractivity contribution is 7.10. The first-order chi connectivity index (χ1) is 9.79. The molecule has 21 heavy (non-hydrogen) atoms. The van der Waals surface area contributed by atoms with Crippen LogP contribution in [-0.4, -0.2) is 21.7 Å². The second kappa shape index (κ2) is 6.02. The second-order valence-electron chi connectivity index (χ2n) is 6.45. The molecule has 0 spiro atoms. The Morgan fingerprint density at radius 1 is 1.43 bits per heavy atom. The van der Waals surface area contributed by atoms with Gasteiger partial charge in [-0.15, -0.1) is 11.3 Å². The summed E-state index contributed by atoms with van der Waals surface area (Å²) in [4.78, 5) is 13.7. The van der Waals surface area contributed by atoms with E-state index in [2.05, 4.69) is 31.2 Å². The lowest BCUT2D eigenvalue weighted by Gasteiger charge is -2.31. The molecule has 2 aromatic heterocycles. The second-order valence-corrected chi connectivity index (χ2v) is 7.53. The Morgan fingerprint density at radius 3 is 2.62 bits per heavy atom. The van der Waals surface area contributed by atoms with E-state index in [0.29, 0.717) is 6.54 Å². The summed E-state index contributed by atoms with van der Waals surface area (Å²) in [6.45, 7) is 11.1. The quantitative estimate of drug-likeness (QED) is 0.941. The number of hydrogen-bond acceptors (Lipinski definition) is 3. The highest BCUT2D eigenvalue weighted by Crippen LogP contribution is 2.24. The van der Waals surface area contributed by atoms with Crippen LogP contribution >= 0.6 is 11.3 Å². The number of aryl methyl sites for hydroxylation is 1. The van der Waals surface area contributed by atoms with Crippen LogP contribution in [0, 0.1) is 19.3 Å². The molecule has 0 aliphatic heterocycles. The van der Waals surface area contributed by atoms with Crippen molar-refractivity contribution in [3.8, 4) is 0 Å². The number of carbonyl (C=O) groups excluding carboxylic acids is 1. The third-order valence-corrected chi connectivity index (χ3v) is 4.82. The maximum absolute atomic E-state index is 12.5. The molecule has 0 saturated heterocycles. The molecule has 0 aromatic carbocycles. The standard InChI is InChI=1S/C16H23N3OS/c1-11-12(2)21-10-13(11)15(20)18-14(16(3,4)5)9-19-8-6-7-17-19/h6-8,10,14H,9H2,1-5H3,(H,18,20)/t14-/m1/s1. The minimum absolute atomic E-state index is 0.00364. The van der Waals surface area contributed by atoms with Gasteiger partial charge < -0.3 is 5.32 Å². The Labute approximate surface area is 130 Å². The van der Waals surface area contributed by atoms with E-state index >= 15 is 0 Å². The summed E-state index contributed by atoms with van der Waals surface area (Å²) in [5, 5.41) is 9.35. The minimum Gasteiger partial charge on any atom is -0.347 e. The van der Waals surface area contributed by atoms with Crippen molar-refractivity contribution in [3.63, 3.8) is 0 Å². The van der Waals surface area contributed by atoms with Crippen LogP contribution in [0.3, 0.4) is 0 Å². The number of carbonyl (C=O) groups is 1. The van der Waals surface area contributed by atoms with E-state index in [9.17, 15) is 4.79 Å². The lowest BCUT2D eigenvalue weighted by Crippen LogP contribution is -2.46. The van der Waals surface area contributed by atoms with Gasteiger partial charge in [-0.25, -0.2) is 0 Å². The zero-order valence-electron chi connectivity index (χ0n) is 13.3. The lowest BCUT2D eigenvalue weighted by molar-refractivity contribution is 0.0890. The fourth-order valence-electron chi connectivity index (χ4n) is 2.11. The molecule has 4 nitrogen and oxygen atoms in total. The minimum atomic E-state index is -0.0411. The van der Waals surface area contributed by atoms with Gasteiger partial charge in [0.1, 0.15) is 0 Å². The largest absolute Gasteiger partial charge is 0.347 e. The first kappa shape index (κ1) is 15.8. The van der Waals surface area contributed by atoms with Crippen molar-refractivity contribution in [2.75, 3.05) is 0 Å². The maximum atomic E-state index is 12.5. The number of thiophene rings is 1. The third kappa shape index (κ3) is 3.73. The Hall–Kier alpha value is -1.62. The van der Waals surface area contributed by atoms with E-state index in [1.54, 1.807) is 17.5 Å². The third-order valence-electron chi connectivity index (χ3n) is 3.81. The number of nitrogens with zero attached hydrogens (tertiary/aromatic N) is 2. The molecule has 2 aromatic rings. The summed E-state index contributed by atoms with van der Waals surface area (Å²) >= 11 is 1.62. The summed E-state index contributed by atoms with van der Waals surface area (Å²) in [6, 6.07) is 1.91. The SMILES string of the molecule is Cc1scc(C(=O)N[C@H](Cn2cccn2)C(C)(C)C)c1C. The zero-order valence-corrected chi connectivity index (χ0v) is 14.1. The summed E-state index contributed by atoms with van der Waals surface area (Å²) in [7, 11) is 0. The molecule has 0 aliphatic carbocycles. The van der Waals surface area contributed by atoms with Gasteiger partial charge >= 0.3 is 0 Å². The average molecular weight is 305 g/mol. The van der Waals surface area contributed by atoms with Gasteiger partial charge in [0, 0.05) is 22.7 Å². The van der Waals surface area contributed by atoms with Gasteiger partial charge in [0.05, 0.1) is 18.2 Å². The van der Waals surface area contributed by atoms with E-state index in [4.69, 9.17) is 0 Å². The molecular formula is C16H23N3OS. The van der Waals surface area contributed by atoms with Gasteiger partial charge in [-0.3, -0.25) is 9.48 Å². The van der Waals surface area contributed by atoms with E-state index in [0.717, 1.165) is 11.1 Å². The molecule has 0 saturated carbocycles. The van der Waals surface area contributed by atoms with Crippen LogP contribution in [0.5, 0.6) is 0 Å². The Morgan fingerprint density at radius 2 is 2.14 bits per heavy atom. The molecule has 1 N–H and O–H groups in total. The zero-order chi connectivity index (χ0) is 15.6. The molecular weight excluding hydrogens is 282 g/mol. The molecule has 0 fully saturated rings. The molecule has 0 aliphatic rings. The molecule has 0 bridgehead atoms. The average Bonchev–Trinajstić information content (AvgIpc) is 2.99. The predicted molar refractivity (Wildman–Crippen MR) is 86.7 cm³/mol. The van der Waals surface area contributed by atoms with Crippen molar-refractivity contribution in [2.45, 2.75) is 47.2 Å². The summed E-state index contributed by atoms with van der Waals surface area (Å²) in [5.74, 6) is 0.00364. The molecule has 2 heterocycles. The Balaban J connectivity index is 2.15. The van der Waals surface area contributed by atoms with Crippen molar-refractivity contribution in [1.82, 2.24) is 15.1 Å². The molecule has 114 valence electrons. The van der Waals surface area contributed by atoms with Crippen LogP contribution in [0.4, 0.5) is 0 Å². The fourth-order valence-corrected chi connectivity index (χ4v) is 2.97. The van der Waals surface area contributed by atoms with Crippen molar-refractivity contribution >= 4 is 17.2 Å². The van der Waals surface area contributed by atoms with E-state index in [1.807, 2.05) is 36.2 Å². The monoisotopic (exact) mass is 305 g/mol. The molecule has 0 radical (unpaired) electrons.